The average molecular weight is 281 g/mol. The minimum absolute atomic E-state index is 0.0814. The number of amides is 1. The maximum Gasteiger partial charge on any atom is 0.306 e. The number of carbonyl (C=O) groups is 2. The highest BCUT2D eigenvalue weighted by Crippen LogP contribution is 2.68. The Kier molecular flexibility index (Phi) is 3.87. The van der Waals surface area contributed by atoms with Gasteiger partial charge in [-0.25, -0.2) is 0 Å². The molecule has 0 heterocycles. The fraction of sp³-hybridized carbons (Fsp3) is 0.875. The number of carboxylic acids is 1. The minimum atomic E-state index is -0.672. The summed E-state index contributed by atoms with van der Waals surface area (Å²) in [4.78, 5) is 23.1. The van der Waals surface area contributed by atoms with E-state index in [-0.39, 0.29) is 28.6 Å². The maximum absolute atomic E-state index is 12.2. The highest BCUT2D eigenvalue weighted by molar-refractivity contribution is 5.84. The van der Waals surface area contributed by atoms with Crippen LogP contribution < -0.4 is 5.32 Å². The lowest BCUT2D eigenvalue weighted by molar-refractivity contribution is -0.143. The Labute approximate surface area is 121 Å². The summed E-state index contributed by atoms with van der Waals surface area (Å²) in [6.45, 7) is 9.29. The Hall–Kier alpha value is -1.06. The van der Waals surface area contributed by atoms with Crippen LogP contribution >= 0.6 is 0 Å². The van der Waals surface area contributed by atoms with Gasteiger partial charge in [0, 0.05) is 12.5 Å². The van der Waals surface area contributed by atoms with E-state index in [0.717, 1.165) is 25.7 Å². The lowest BCUT2D eigenvalue weighted by Crippen LogP contribution is -2.34. The predicted octanol–water partition coefficient (Wildman–Crippen LogP) is 2.68. The molecule has 0 aromatic heterocycles. The predicted molar refractivity (Wildman–Crippen MR) is 77.1 cm³/mol. The summed E-state index contributed by atoms with van der Waals surface area (Å²) in [6, 6.07) is 0. The van der Waals surface area contributed by atoms with E-state index < -0.39 is 5.97 Å². The third kappa shape index (κ3) is 2.57. The number of hydrogen-bond acceptors (Lipinski definition) is 2. The van der Waals surface area contributed by atoms with Crippen LogP contribution in [0.25, 0.3) is 0 Å². The SMILES string of the molecule is CC1(C)C(C(=O)NCC2CCC(C(=O)O)CC2)C1(C)C. The molecule has 0 saturated heterocycles. The molecule has 2 aliphatic carbocycles. The van der Waals surface area contributed by atoms with Gasteiger partial charge in [-0.05, 0) is 42.4 Å². The van der Waals surface area contributed by atoms with E-state index in [1.54, 1.807) is 0 Å². The van der Waals surface area contributed by atoms with Crippen molar-refractivity contribution in [3.05, 3.63) is 0 Å². The monoisotopic (exact) mass is 281 g/mol. The van der Waals surface area contributed by atoms with E-state index in [4.69, 9.17) is 5.11 Å². The zero-order chi connectivity index (χ0) is 15.1. The van der Waals surface area contributed by atoms with Crippen molar-refractivity contribution in [2.24, 2.45) is 28.6 Å². The van der Waals surface area contributed by atoms with E-state index in [1.807, 2.05) is 0 Å². The van der Waals surface area contributed by atoms with Crippen molar-refractivity contribution in [2.75, 3.05) is 6.54 Å². The largest absolute Gasteiger partial charge is 0.481 e. The lowest BCUT2D eigenvalue weighted by atomic mass is 9.82. The van der Waals surface area contributed by atoms with Crippen molar-refractivity contribution in [1.82, 2.24) is 5.32 Å². The number of hydrogen-bond donors (Lipinski definition) is 2. The smallest absolute Gasteiger partial charge is 0.306 e. The fourth-order valence-corrected chi connectivity index (χ4v) is 3.81. The van der Waals surface area contributed by atoms with Crippen LogP contribution in [0.4, 0.5) is 0 Å². The molecule has 2 aliphatic rings. The first-order chi connectivity index (χ1) is 9.18. The van der Waals surface area contributed by atoms with Gasteiger partial charge in [-0.2, -0.15) is 0 Å². The summed E-state index contributed by atoms with van der Waals surface area (Å²) in [7, 11) is 0. The second-order valence-electron chi connectivity index (χ2n) is 7.68. The molecule has 2 saturated carbocycles. The van der Waals surface area contributed by atoms with Crippen LogP contribution in [0, 0.1) is 28.6 Å². The Balaban J connectivity index is 1.75. The van der Waals surface area contributed by atoms with Crippen LogP contribution in [0.3, 0.4) is 0 Å². The summed E-state index contributed by atoms with van der Waals surface area (Å²) >= 11 is 0. The Morgan fingerprint density at radius 1 is 1.05 bits per heavy atom. The average Bonchev–Trinajstić information content (AvgIpc) is 2.77. The Morgan fingerprint density at radius 2 is 1.55 bits per heavy atom. The minimum Gasteiger partial charge on any atom is -0.481 e. The summed E-state index contributed by atoms with van der Waals surface area (Å²) in [6.07, 6.45) is 3.32. The van der Waals surface area contributed by atoms with Crippen molar-refractivity contribution in [3.63, 3.8) is 0 Å². The van der Waals surface area contributed by atoms with Gasteiger partial charge in [-0.15, -0.1) is 0 Å². The number of rotatable bonds is 4. The summed E-state index contributed by atoms with van der Waals surface area (Å²) in [5.41, 5.74) is 0.163. The van der Waals surface area contributed by atoms with Gasteiger partial charge >= 0.3 is 5.97 Å². The van der Waals surface area contributed by atoms with E-state index in [2.05, 4.69) is 33.0 Å². The molecular weight excluding hydrogens is 254 g/mol. The van der Waals surface area contributed by atoms with Crippen molar-refractivity contribution < 1.29 is 14.7 Å². The summed E-state index contributed by atoms with van der Waals surface area (Å²) < 4.78 is 0. The second kappa shape index (κ2) is 5.05. The molecule has 0 aromatic carbocycles. The van der Waals surface area contributed by atoms with E-state index in [9.17, 15) is 9.59 Å². The quantitative estimate of drug-likeness (QED) is 0.832. The molecule has 4 heteroatoms. The normalized spacial score (nSPS) is 31.6. The van der Waals surface area contributed by atoms with Gasteiger partial charge < -0.3 is 10.4 Å². The molecule has 0 unspecified atom stereocenters. The lowest BCUT2D eigenvalue weighted by Gasteiger charge is -2.26. The molecule has 0 atom stereocenters. The standard InChI is InChI=1S/C16H27NO3/c1-15(2)12(16(15,3)4)13(18)17-9-10-5-7-11(8-6-10)14(19)20/h10-12H,5-9H2,1-4H3,(H,17,18)(H,19,20). The van der Waals surface area contributed by atoms with Crippen LogP contribution in [0.15, 0.2) is 0 Å². The fourth-order valence-electron chi connectivity index (χ4n) is 3.81. The first-order valence-electron chi connectivity index (χ1n) is 7.68. The first-order valence-corrected chi connectivity index (χ1v) is 7.68. The molecule has 2 fully saturated rings. The highest BCUT2D eigenvalue weighted by Gasteiger charge is 2.68. The van der Waals surface area contributed by atoms with Crippen molar-refractivity contribution >= 4 is 11.9 Å². The van der Waals surface area contributed by atoms with E-state index in [1.165, 1.54) is 0 Å². The summed E-state index contributed by atoms with van der Waals surface area (Å²) in [5, 5.41) is 12.1. The van der Waals surface area contributed by atoms with Gasteiger partial charge in [0.2, 0.25) is 5.91 Å². The van der Waals surface area contributed by atoms with E-state index in [0.29, 0.717) is 12.5 Å². The van der Waals surface area contributed by atoms with Crippen molar-refractivity contribution in [3.8, 4) is 0 Å². The number of aliphatic carboxylic acids is 1. The molecule has 114 valence electrons. The zero-order valence-electron chi connectivity index (χ0n) is 13.0. The van der Waals surface area contributed by atoms with Gasteiger partial charge in [0.25, 0.3) is 0 Å². The van der Waals surface area contributed by atoms with Gasteiger partial charge in [0.1, 0.15) is 0 Å². The van der Waals surface area contributed by atoms with Crippen molar-refractivity contribution in [2.45, 2.75) is 53.4 Å². The molecule has 0 bridgehead atoms. The zero-order valence-corrected chi connectivity index (χ0v) is 13.0. The van der Waals surface area contributed by atoms with Gasteiger partial charge in [0.15, 0.2) is 0 Å². The highest BCUT2D eigenvalue weighted by atomic mass is 16.4. The topological polar surface area (TPSA) is 66.4 Å². The summed E-state index contributed by atoms with van der Waals surface area (Å²) in [5.74, 6) is -0.137. The molecule has 0 aliphatic heterocycles. The Bertz CT molecular complexity index is 392. The Morgan fingerprint density at radius 3 is 1.95 bits per heavy atom. The molecule has 4 nitrogen and oxygen atoms in total. The molecule has 0 spiro atoms. The number of carboxylic acid groups (broad SMARTS) is 1. The van der Waals surface area contributed by atoms with Crippen LogP contribution in [0.1, 0.15) is 53.4 Å². The van der Waals surface area contributed by atoms with Gasteiger partial charge in [-0.3, -0.25) is 9.59 Å². The molecular formula is C16H27NO3. The molecule has 0 aromatic rings. The molecule has 2 N–H and O–H groups in total. The number of carbonyl (C=O) groups excluding carboxylic acids is 1. The number of nitrogens with one attached hydrogen (secondary N) is 1. The third-order valence-corrected chi connectivity index (χ3v) is 6.04. The molecule has 20 heavy (non-hydrogen) atoms. The van der Waals surface area contributed by atoms with Crippen LogP contribution in [-0.4, -0.2) is 23.5 Å². The first kappa shape index (κ1) is 15.3. The van der Waals surface area contributed by atoms with Crippen molar-refractivity contribution in [1.29, 1.82) is 0 Å². The molecule has 0 radical (unpaired) electrons. The molecule has 1 amide bonds. The molecule has 2 rings (SSSR count). The second-order valence-corrected chi connectivity index (χ2v) is 7.68. The van der Waals surface area contributed by atoms with Gasteiger partial charge in [-0.1, -0.05) is 27.7 Å². The van der Waals surface area contributed by atoms with E-state index >= 15 is 0 Å². The van der Waals surface area contributed by atoms with Crippen LogP contribution in [-0.2, 0) is 9.59 Å². The third-order valence-electron chi connectivity index (χ3n) is 6.04. The maximum atomic E-state index is 12.2. The van der Waals surface area contributed by atoms with Gasteiger partial charge in [0.05, 0.1) is 5.92 Å². The van der Waals surface area contributed by atoms with Crippen LogP contribution in [0.5, 0.6) is 0 Å². The van der Waals surface area contributed by atoms with Crippen LogP contribution in [0.2, 0.25) is 0 Å².